The third kappa shape index (κ3) is 2.72. The van der Waals surface area contributed by atoms with Gasteiger partial charge in [0.25, 0.3) is 0 Å². The van der Waals surface area contributed by atoms with Crippen molar-refractivity contribution in [1.29, 1.82) is 0 Å². The third-order valence-electron chi connectivity index (χ3n) is 3.68. The van der Waals surface area contributed by atoms with E-state index in [1.54, 1.807) is 14.2 Å². The van der Waals surface area contributed by atoms with Gasteiger partial charge < -0.3 is 9.47 Å². The molecule has 0 N–H and O–H groups in total. The lowest BCUT2D eigenvalue weighted by molar-refractivity contribution is 0.399. The van der Waals surface area contributed by atoms with Gasteiger partial charge in [-0.25, -0.2) is 9.97 Å². The fraction of sp³-hybridized carbons (Fsp3) is 0.222. The summed E-state index contributed by atoms with van der Waals surface area (Å²) in [6.07, 6.45) is 0.603. The van der Waals surface area contributed by atoms with Crippen molar-refractivity contribution in [3.05, 3.63) is 59.5 Å². The van der Waals surface area contributed by atoms with Gasteiger partial charge >= 0.3 is 0 Å². The van der Waals surface area contributed by atoms with Crippen LogP contribution in [0.3, 0.4) is 0 Å². The highest BCUT2D eigenvalue weighted by atomic mass is 16.5. The average molecular weight is 294 g/mol. The summed E-state index contributed by atoms with van der Waals surface area (Å²) in [4.78, 5) is 9.27. The number of nitrogens with zero attached hydrogens (tertiary/aromatic N) is 2. The Morgan fingerprint density at radius 2 is 1.77 bits per heavy atom. The van der Waals surface area contributed by atoms with Crippen LogP contribution in [0.25, 0.3) is 10.9 Å². The quantitative estimate of drug-likeness (QED) is 0.738. The van der Waals surface area contributed by atoms with Gasteiger partial charge in [0, 0.05) is 23.1 Å². The minimum Gasteiger partial charge on any atom is -0.497 e. The Morgan fingerprint density at radius 1 is 0.955 bits per heavy atom. The lowest BCUT2D eigenvalue weighted by Gasteiger charge is -2.11. The van der Waals surface area contributed by atoms with Crippen LogP contribution < -0.4 is 9.47 Å². The van der Waals surface area contributed by atoms with Crippen molar-refractivity contribution in [1.82, 2.24) is 9.97 Å². The Balaban J connectivity index is 2.02. The van der Waals surface area contributed by atoms with Crippen molar-refractivity contribution in [3.63, 3.8) is 0 Å². The number of para-hydroxylation sites is 1. The second-order valence-electron chi connectivity index (χ2n) is 5.10. The molecule has 3 aromatic rings. The van der Waals surface area contributed by atoms with Gasteiger partial charge in [-0.2, -0.15) is 0 Å². The number of methoxy groups -OCH3 is 2. The van der Waals surface area contributed by atoms with Crippen molar-refractivity contribution in [2.45, 2.75) is 13.3 Å². The largest absolute Gasteiger partial charge is 0.497 e. The molecular weight excluding hydrogens is 276 g/mol. The van der Waals surface area contributed by atoms with Crippen LogP contribution >= 0.6 is 0 Å². The Hall–Kier alpha value is -2.62. The van der Waals surface area contributed by atoms with E-state index in [4.69, 9.17) is 9.47 Å². The van der Waals surface area contributed by atoms with Gasteiger partial charge in [0.1, 0.15) is 17.3 Å². The van der Waals surface area contributed by atoms with Crippen molar-refractivity contribution in [2.24, 2.45) is 0 Å². The summed E-state index contributed by atoms with van der Waals surface area (Å²) in [6, 6.07) is 13.8. The smallest absolute Gasteiger partial charge is 0.133 e. The number of aromatic nitrogens is 2. The number of hydrogen-bond acceptors (Lipinski definition) is 4. The van der Waals surface area contributed by atoms with E-state index in [1.165, 1.54) is 0 Å². The first-order valence-electron chi connectivity index (χ1n) is 7.14. The molecule has 0 spiro atoms. The maximum absolute atomic E-state index is 5.42. The zero-order chi connectivity index (χ0) is 15.5. The normalized spacial score (nSPS) is 10.7. The summed E-state index contributed by atoms with van der Waals surface area (Å²) in [7, 11) is 3.32. The van der Waals surface area contributed by atoms with Crippen LogP contribution in [-0.4, -0.2) is 24.2 Å². The topological polar surface area (TPSA) is 44.2 Å². The lowest BCUT2D eigenvalue weighted by atomic mass is 10.1. The fourth-order valence-corrected chi connectivity index (χ4v) is 2.56. The maximum atomic E-state index is 5.42. The molecule has 0 fully saturated rings. The number of hydrogen-bond donors (Lipinski definition) is 0. The van der Waals surface area contributed by atoms with E-state index in [0.717, 1.165) is 39.5 Å². The highest BCUT2D eigenvalue weighted by Crippen LogP contribution is 2.26. The number of fused-ring (bicyclic) bond motifs is 1. The molecule has 3 rings (SSSR count). The summed E-state index contributed by atoms with van der Waals surface area (Å²) in [5.74, 6) is 2.39. The Labute approximate surface area is 129 Å². The van der Waals surface area contributed by atoms with E-state index in [9.17, 15) is 0 Å². The molecule has 0 aliphatic carbocycles. The molecule has 1 aromatic heterocycles. The first kappa shape index (κ1) is 14.3. The number of aryl methyl sites for hydroxylation is 1. The van der Waals surface area contributed by atoms with Gasteiger partial charge in [-0.15, -0.1) is 0 Å². The summed E-state index contributed by atoms with van der Waals surface area (Å²) in [5.41, 5.74) is 2.96. The second kappa shape index (κ2) is 6.02. The van der Waals surface area contributed by atoms with E-state index >= 15 is 0 Å². The van der Waals surface area contributed by atoms with Gasteiger partial charge in [-0.3, -0.25) is 0 Å². The molecule has 0 atom stereocenters. The van der Waals surface area contributed by atoms with Gasteiger partial charge in [0.2, 0.25) is 0 Å². The molecule has 4 heteroatoms. The molecular formula is C18H18N2O2. The van der Waals surface area contributed by atoms with Crippen LogP contribution in [0.4, 0.5) is 0 Å². The second-order valence-corrected chi connectivity index (χ2v) is 5.10. The summed E-state index contributed by atoms with van der Waals surface area (Å²) in [5, 5.41) is 1.09. The third-order valence-corrected chi connectivity index (χ3v) is 3.68. The minimum atomic E-state index is 0.603. The van der Waals surface area contributed by atoms with Crippen molar-refractivity contribution in [2.75, 3.05) is 14.2 Å². The predicted octanol–water partition coefficient (Wildman–Crippen LogP) is 3.55. The number of ether oxygens (including phenoxy) is 2. The summed E-state index contributed by atoms with van der Waals surface area (Å²) >= 11 is 0. The van der Waals surface area contributed by atoms with E-state index in [1.807, 2.05) is 49.4 Å². The van der Waals surface area contributed by atoms with Gasteiger partial charge in [0.15, 0.2) is 0 Å². The monoisotopic (exact) mass is 294 g/mol. The van der Waals surface area contributed by atoms with Crippen LogP contribution in [0.5, 0.6) is 11.5 Å². The lowest BCUT2D eigenvalue weighted by Crippen LogP contribution is -2.01. The molecule has 0 aliphatic heterocycles. The van der Waals surface area contributed by atoms with Crippen LogP contribution in [0.2, 0.25) is 0 Å². The van der Waals surface area contributed by atoms with Crippen LogP contribution in [-0.2, 0) is 6.42 Å². The molecule has 1 heterocycles. The van der Waals surface area contributed by atoms with Crippen LogP contribution in [0, 0.1) is 6.92 Å². The molecule has 2 aromatic carbocycles. The fourth-order valence-electron chi connectivity index (χ4n) is 2.56. The predicted molar refractivity (Wildman–Crippen MR) is 86.6 cm³/mol. The van der Waals surface area contributed by atoms with E-state index < -0.39 is 0 Å². The van der Waals surface area contributed by atoms with Gasteiger partial charge in [0.05, 0.1) is 19.7 Å². The zero-order valence-corrected chi connectivity index (χ0v) is 13.0. The molecule has 0 amide bonds. The Bertz CT molecular complexity index is 815. The molecule has 112 valence electrons. The molecule has 0 bridgehead atoms. The SMILES string of the molecule is COc1ccc(OC)c(Cc2nc(C)c3ccccc3n2)c1. The summed E-state index contributed by atoms with van der Waals surface area (Å²) < 4.78 is 10.7. The maximum Gasteiger partial charge on any atom is 0.133 e. The minimum absolute atomic E-state index is 0.603. The summed E-state index contributed by atoms with van der Waals surface area (Å²) in [6.45, 7) is 2.01. The molecule has 22 heavy (non-hydrogen) atoms. The van der Waals surface area contributed by atoms with E-state index in [2.05, 4.69) is 9.97 Å². The van der Waals surface area contributed by atoms with Crippen molar-refractivity contribution in [3.8, 4) is 11.5 Å². The Kier molecular flexibility index (Phi) is 3.92. The molecule has 0 saturated carbocycles. The van der Waals surface area contributed by atoms with E-state index in [-0.39, 0.29) is 0 Å². The molecule has 4 nitrogen and oxygen atoms in total. The molecule has 0 saturated heterocycles. The number of benzene rings is 2. The Morgan fingerprint density at radius 3 is 2.55 bits per heavy atom. The molecule has 0 radical (unpaired) electrons. The van der Waals surface area contributed by atoms with Gasteiger partial charge in [-0.05, 0) is 31.2 Å². The first-order valence-corrected chi connectivity index (χ1v) is 7.14. The van der Waals surface area contributed by atoms with Crippen LogP contribution in [0.15, 0.2) is 42.5 Å². The standard InChI is InChI=1S/C18H18N2O2/c1-12-15-6-4-5-7-16(15)20-18(19-12)11-13-10-14(21-2)8-9-17(13)22-3/h4-10H,11H2,1-3H3. The first-order chi connectivity index (χ1) is 10.7. The van der Waals surface area contributed by atoms with Crippen molar-refractivity contribution >= 4 is 10.9 Å². The highest BCUT2D eigenvalue weighted by molar-refractivity contribution is 5.80. The highest BCUT2D eigenvalue weighted by Gasteiger charge is 2.10. The van der Waals surface area contributed by atoms with Crippen molar-refractivity contribution < 1.29 is 9.47 Å². The molecule has 0 aliphatic rings. The van der Waals surface area contributed by atoms with E-state index in [0.29, 0.717) is 6.42 Å². The molecule has 0 unspecified atom stereocenters. The van der Waals surface area contributed by atoms with Crippen LogP contribution in [0.1, 0.15) is 17.1 Å². The van der Waals surface area contributed by atoms with Gasteiger partial charge in [-0.1, -0.05) is 18.2 Å². The zero-order valence-electron chi connectivity index (χ0n) is 13.0. The average Bonchev–Trinajstić information content (AvgIpc) is 2.55. The number of rotatable bonds is 4.